The quantitative estimate of drug-likeness (QED) is 0.463. The molecule has 3 aromatic rings. The van der Waals surface area contributed by atoms with Crippen LogP contribution in [-0.2, 0) is 11.2 Å². The molecule has 0 bridgehead atoms. The zero-order valence-corrected chi connectivity index (χ0v) is 20.1. The van der Waals surface area contributed by atoms with E-state index in [9.17, 15) is 4.79 Å². The molecule has 0 saturated heterocycles. The highest BCUT2D eigenvalue weighted by atomic mass is 32.2. The maximum atomic E-state index is 12.3. The van der Waals surface area contributed by atoms with Crippen LogP contribution in [0, 0.1) is 0 Å². The monoisotopic (exact) mass is 462 g/mol. The van der Waals surface area contributed by atoms with Crippen LogP contribution in [0.25, 0.3) is 0 Å². The number of benzene rings is 2. The van der Waals surface area contributed by atoms with Crippen LogP contribution in [0.15, 0.2) is 59.5 Å². The number of aryl methyl sites for hydroxylation is 1. The molecule has 1 aliphatic rings. The maximum Gasteiger partial charge on any atom is 0.338 e. The molecule has 4 rings (SSSR count). The van der Waals surface area contributed by atoms with E-state index in [0.717, 1.165) is 36.1 Å². The van der Waals surface area contributed by atoms with E-state index in [1.807, 2.05) is 63.2 Å². The standard InChI is InChI=1S/C26H30N4O2S/c1-26(2,3)32-24(31)17-12-9-16(10-13-17)11-14-18-15-20(33-19-7-5-4-6-8-19)22-21(18)23(27)30-25(28)29-22/h4-10,12-13,18,20H,11,14-15H2,1-3H3,(H4,27,28,29,30). The van der Waals surface area contributed by atoms with Gasteiger partial charge in [-0.25, -0.2) is 9.78 Å². The van der Waals surface area contributed by atoms with Gasteiger partial charge < -0.3 is 16.2 Å². The number of aromatic nitrogens is 2. The number of carbonyl (C=O) groups excluding carboxylic acids is 1. The second-order valence-electron chi connectivity index (χ2n) is 9.36. The number of fused-ring (bicyclic) bond motifs is 1. The van der Waals surface area contributed by atoms with E-state index in [-0.39, 0.29) is 23.1 Å². The third kappa shape index (κ3) is 5.66. The molecule has 1 aromatic heterocycles. The van der Waals surface area contributed by atoms with Crippen molar-refractivity contribution in [2.75, 3.05) is 11.5 Å². The Morgan fingerprint density at radius 2 is 1.76 bits per heavy atom. The lowest BCUT2D eigenvalue weighted by molar-refractivity contribution is 0.00695. The molecule has 0 fully saturated rings. The molecule has 0 radical (unpaired) electrons. The van der Waals surface area contributed by atoms with E-state index in [0.29, 0.717) is 11.4 Å². The average Bonchev–Trinajstić information content (AvgIpc) is 3.09. The summed E-state index contributed by atoms with van der Waals surface area (Å²) in [5.41, 5.74) is 15.4. The number of hydrogen-bond donors (Lipinski definition) is 2. The van der Waals surface area contributed by atoms with Gasteiger partial charge in [0.1, 0.15) is 11.4 Å². The van der Waals surface area contributed by atoms with E-state index < -0.39 is 5.60 Å². The summed E-state index contributed by atoms with van der Waals surface area (Å²) >= 11 is 1.79. The molecule has 2 aromatic carbocycles. The third-order valence-electron chi connectivity index (χ3n) is 5.63. The van der Waals surface area contributed by atoms with Crippen molar-refractivity contribution in [3.8, 4) is 0 Å². The van der Waals surface area contributed by atoms with Crippen molar-refractivity contribution in [2.24, 2.45) is 0 Å². The Labute approximate surface area is 199 Å². The third-order valence-corrected chi connectivity index (χ3v) is 6.87. The topological polar surface area (TPSA) is 104 Å². The van der Waals surface area contributed by atoms with E-state index in [1.54, 1.807) is 11.8 Å². The minimum absolute atomic E-state index is 0.189. The summed E-state index contributed by atoms with van der Waals surface area (Å²) in [7, 11) is 0. The highest BCUT2D eigenvalue weighted by molar-refractivity contribution is 7.99. The zero-order valence-electron chi connectivity index (χ0n) is 19.2. The molecule has 0 aliphatic heterocycles. The molecular formula is C26H30N4O2S. The number of nitrogens with zero attached hydrogens (tertiary/aromatic N) is 2. The molecule has 1 heterocycles. The number of hydrogen-bond acceptors (Lipinski definition) is 7. The fraction of sp³-hybridized carbons (Fsp3) is 0.346. The van der Waals surface area contributed by atoms with E-state index in [1.165, 1.54) is 4.90 Å². The van der Waals surface area contributed by atoms with Crippen molar-refractivity contribution < 1.29 is 9.53 Å². The Balaban J connectivity index is 1.47. The van der Waals surface area contributed by atoms with Gasteiger partial charge in [0.15, 0.2) is 0 Å². The van der Waals surface area contributed by atoms with Crippen LogP contribution in [0.3, 0.4) is 0 Å². The number of nitrogen functional groups attached to an aromatic ring is 2. The van der Waals surface area contributed by atoms with Crippen molar-refractivity contribution >= 4 is 29.5 Å². The van der Waals surface area contributed by atoms with Gasteiger partial charge in [0.25, 0.3) is 0 Å². The normalized spacial score (nSPS) is 17.5. The highest BCUT2D eigenvalue weighted by Gasteiger charge is 2.35. The van der Waals surface area contributed by atoms with E-state index >= 15 is 0 Å². The van der Waals surface area contributed by atoms with Crippen LogP contribution < -0.4 is 11.5 Å². The van der Waals surface area contributed by atoms with Crippen LogP contribution >= 0.6 is 11.8 Å². The number of esters is 1. The number of nitrogens with two attached hydrogens (primary N) is 2. The molecule has 0 amide bonds. The van der Waals surface area contributed by atoms with Gasteiger partial charge in [-0.2, -0.15) is 4.98 Å². The molecular weight excluding hydrogens is 432 g/mol. The van der Waals surface area contributed by atoms with Gasteiger partial charge in [-0.05, 0) is 75.8 Å². The van der Waals surface area contributed by atoms with Gasteiger partial charge in [0, 0.05) is 10.5 Å². The van der Waals surface area contributed by atoms with Gasteiger partial charge in [0.05, 0.1) is 16.5 Å². The van der Waals surface area contributed by atoms with Crippen molar-refractivity contribution in [1.82, 2.24) is 9.97 Å². The Bertz CT molecular complexity index is 1130. The summed E-state index contributed by atoms with van der Waals surface area (Å²) in [5, 5.41) is 0.189. The first-order valence-corrected chi connectivity index (χ1v) is 12.0. The van der Waals surface area contributed by atoms with Crippen molar-refractivity contribution in [3.05, 3.63) is 77.0 Å². The highest BCUT2D eigenvalue weighted by Crippen LogP contribution is 2.52. The maximum absolute atomic E-state index is 12.3. The van der Waals surface area contributed by atoms with Crippen molar-refractivity contribution in [1.29, 1.82) is 0 Å². The largest absolute Gasteiger partial charge is 0.456 e. The number of ether oxygens (including phenoxy) is 1. The molecule has 2 atom stereocenters. The molecule has 7 heteroatoms. The predicted octanol–water partition coefficient (Wildman–Crippen LogP) is 5.55. The van der Waals surface area contributed by atoms with E-state index in [4.69, 9.17) is 16.2 Å². The van der Waals surface area contributed by atoms with Crippen molar-refractivity contribution in [2.45, 2.75) is 61.7 Å². The van der Waals surface area contributed by atoms with Crippen molar-refractivity contribution in [3.63, 3.8) is 0 Å². The van der Waals surface area contributed by atoms with E-state index in [2.05, 4.69) is 22.1 Å². The number of carbonyl (C=O) groups is 1. The molecule has 2 unspecified atom stereocenters. The Morgan fingerprint density at radius 1 is 1.06 bits per heavy atom. The summed E-state index contributed by atoms with van der Waals surface area (Å²) < 4.78 is 5.45. The Kier molecular flexibility index (Phi) is 6.61. The SMILES string of the molecule is CC(C)(C)OC(=O)c1ccc(CCC2CC(Sc3ccccc3)c3nc(N)nc(N)c32)cc1. The average molecular weight is 463 g/mol. The van der Waals surface area contributed by atoms with Gasteiger partial charge in [-0.1, -0.05) is 30.3 Å². The number of rotatable bonds is 6. The summed E-state index contributed by atoms with van der Waals surface area (Å²) in [5.74, 6) is 0.664. The summed E-state index contributed by atoms with van der Waals surface area (Å²) in [4.78, 5) is 22.3. The lowest BCUT2D eigenvalue weighted by Crippen LogP contribution is -2.23. The molecule has 172 valence electrons. The molecule has 4 N–H and O–H groups in total. The van der Waals surface area contributed by atoms with Crippen LogP contribution in [0.5, 0.6) is 0 Å². The summed E-state index contributed by atoms with van der Waals surface area (Å²) in [6.45, 7) is 5.60. The number of anilines is 2. The van der Waals surface area contributed by atoms with Gasteiger partial charge in [-0.3, -0.25) is 0 Å². The van der Waals surface area contributed by atoms with Crippen LogP contribution in [0.4, 0.5) is 11.8 Å². The molecule has 0 spiro atoms. The van der Waals surface area contributed by atoms with Crippen LogP contribution in [-0.4, -0.2) is 21.5 Å². The van der Waals surface area contributed by atoms with Gasteiger partial charge in [0.2, 0.25) is 5.95 Å². The van der Waals surface area contributed by atoms with Gasteiger partial charge in [-0.15, -0.1) is 11.8 Å². The first-order chi connectivity index (χ1) is 15.7. The fourth-order valence-electron chi connectivity index (χ4n) is 4.19. The second kappa shape index (κ2) is 9.43. The molecule has 1 aliphatic carbocycles. The van der Waals surface area contributed by atoms with Crippen LogP contribution in [0.1, 0.15) is 72.0 Å². The molecule has 33 heavy (non-hydrogen) atoms. The minimum Gasteiger partial charge on any atom is -0.456 e. The summed E-state index contributed by atoms with van der Waals surface area (Å²) in [6.07, 6.45) is 2.72. The lowest BCUT2D eigenvalue weighted by Gasteiger charge is -2.19. The number of thioether (sulfide) groups is 1. The van der Waals surface area contributed by atoms with Crippen LogP contribution in [0.2, 0.25) is 0 Å². The first kappa shape index (κ1) is 23.1. The predicted molar refractivity (Wildman–Crippen MR) is 133 cm³/mol. The molecule has 0 saturated carbocycles. The lowest BCUT2D eigenvalue weighted by atomic mass is 9.94. The second-order valence-corrected chi connectivity index (χ2v) is 10.6. The summed E-state index contributed by atoms with van der Waals surface area (Å²) in [6, 6.07) is 18.0. The zero-order chi connectivity index (χ0) is 23.6. The fourth-order valence-corrected chi connectivity index (χ4v) is 5.45. The first-order valence-electron chi connectivity index (χ1n) is 11.2. The Morgan fingerprint density at radius 3 is 2.42 bits per heavy atom. The molecule has 6 nitrogen and oxygen atoms in total. The smallest absolute Gasteiger partial charge is 0.338 e. The minimum atomic E-state index is -0.509. The van der Waals surface area contributed by atoms with Gasteiger partial charge >= 0.3 is 5.97 Å². The Hall–Kier alpha value is -3.06.